The first kappa shape index (κ1) is 56.2. The predicted octanol–water partition coefficient (Wildman–Crippen LogP) is 11.2. The van der Waals surface area contributed by atoms with E-state index in [-0.39, 0.29) is 36.8 Å². The Morgan fingerprint density at radius 3 is 0.908 bits per heavy atom. The first-order valence-corrected chi connectivity index (χ1v) is 25.6. The maximum absolute atomic E-state index is 13.3. The highest BCUT2D eigenvalue weighted by Crippen LogP contribution is 2.56. The summed E-state index contributed by atoms with van der Waals surface area (Å²) in [6, 6.07) is 6.55. The minimum absolute atomic E-state index is 0.0284. The molecule has 0 bridgehead atoms. The molecule has 374 valence electrons. The average Bonchev–Trinajstić information content (AvgIpc) is 3.41. The highest BCUT2D eigenvalue weighted by molar-refractivity contribution is 7.88. The summed E-state index contributed by atoms with van der Waals surface area (Å²) in [6.45, 7) is -1.33. The molecular formula is C37H46F12O12S4. The second-order valence-electron chi connectivity index (χ2n) is 15.1. The van der Waals surface area contributed by atoms with Crippen molar-refractivity contribution in [3.8, 4) is 22.6 Å². The third-order valence-corrected chi connectivity index (χ3v) is 14.4. The van der Waals surface area contributed by atoms with Gasteiger partial charge in [0.25, 0.3) is 0 Å². The summed E-state index contributed by atoms with van der Waals surface area (Å²) in [5, 5.41) is 0. The number of unbranched alkanes of at least 4 members (excludes halogenated alkanes) is 14. The molecule has 0 saturated heterocycles. The van der Waals surface area contributed by atoms with Gasteiger partial charge < -0.3 is 8.37 Å². The molecule has 0 unspecified atom stereocenters. The predicted molar refractivity (Wildman–Crippen MR) is 209 cm³/mol. The van der Waals surface area contributed by atoms with Crippen LogP contribution in [0.3, 0.4) is 0 Å². The van der Waals surface area contributed by atoms with Crippen LogP contribution in [0.25, 0.3) is 11.1 Å². The summed E-state index contributed by atoms with van der Waals surface area (Å²) in [7, 11) is -23.8. The fourth-order valence-electron chi connectivity index (χ4n) is 7.22. The Morgan fingerprint density at radius 2 is 0.631 bits per heavy atom. The van der Waals surface area contributed by atoms with Gasteiger partial charge in [0, 0.05) is 5.41 Å². The van der Waals surface area contributed by atoms with Gasteiger partial charge in [-0.3, -0.25) is 8.37 Å². The van der Waals surface area contributed by atoms with E-state index in [9.17, 15) is 86.4 Å². The lowest BCUT2D eigenvalue weighted by molar-refractivity contribution is -0.0547. The van der Waals surface area contributed by atoms with Crippen molar-refractivity contribution in [1.82, 2.24) is 0 Å². The molecule has 0 atom stereocenters. The summed E-state index contributed by atoms with van der Waals surface area (Å²) < 4.78 is 264. The SMILES string of the molecule is O=S(=O)(OCCCCCCCCCCC1(CCCCCCCCCCOS(=O)(=O)C(F)(F)F)c2cc(OS(=O)(=O)C(F)(F)F)ccc2-c2ccc(OS(=O)(=O)C(F)(F)F)cc21)C(F)(F)F. The molecular weight excluding hydrogens is 993 g/mol. The average molecular weight is 1040 g/mol. The zero-order chi connectivity index (χ0) is 49.2. The highest BCUT2D eigenvalue weighted by Gasteiger charge is 2.51. The quantitative estimate of drug-likeness (QED) is 0.0342. The molecule has 0 heterocycles. The molecule has 0 aromatic heterocycles. The fourth-order valence-corrected chi connectivity index (χ4v) is 9.06. The second kappa shape index (κ2) is 22.4. The highest BCUT2D eigenvalue weighted by atomic mass is 32.2. The summed E-state index contributed by atoms with van der Waals surface area (Å²) in [5.74, 6) is -1.48. The van der Waals surface area contributed by atoms with E-state index in [4.69, 9.17) is 0 Å². The van der Waals surface area contributed by atoms with Gasteiger partial charge in [-0.05, 0) is 72.2 Å². The van der Waals surface area contributed by atoms with E-state index in [2.05, 4.69) is 16.7 Å². The van der Waals surface area contributed by atoms with Crippen molar-refractivity contribution in [2.75, 3.05) is 13.2 Å². The van der Waals surface area contributed by atoms with E-state index in [0.29, 0.717) is 101 Å². The summed E-state index contributed by atoms with van der Waals surface area (Å²) in [5.41, 5.74) is -22.9. The maximum Gasteiger partial charge on any atom is 0.534 e. The van der Waals surface area contributed by atoms with Crippen LogP contribution in [0.2, 0.25) is 0 Å². The monoisotopic (exact) mass is 1040 g/mol. The molecule has 0 fully saturated rings. The Kier molecular flexibility index (Phi) is 19.3. The van der Waals surface area contributed by atoms with Crippen molar-refractivity contribution >= 4 is 40.5 Å². The molecule has 1 aliphatic carbocycles. The molecule has 0 spiro atoms. The van der Waals surface area contributed by atoms with Gasteiger partial charge in [-0.25, -0.2) is 0 Å². The molecule has 2 aromatic rings. The second-order valence-corrected chi connectivity index (χ2v) is 21.4. The van der Waals surface area contributed by atoms with Crippen LogP contribution < -0.4 is 8.37 Å². The van der Waals surface area contributed by atoms with Crippen LogP contribution >= 0.6 is 0 Å². The molecule has 65 heavy (non-hydrogen) atoms. The maximum atomic E-state index is 13.3. The van der Waals surface area contributed by atoms with Crippen LogP contribution in [0.5, 0.6) is 11.5 Å². The van der Waals surface area contributed by atoms with Crippen LogP contribution in [0, 0.1) is 0 Å². The van der Waals surface area contributed by atoms with Crippen LogP contribution in [0.15, 0.2) is 36.4 Å². The minimum atomic E-state index is -6.16. The summed E-state index contributed by atoms with van der Waals surface area (Å²) in [6.07, 6.45) is 7.25. The smallest absolute Gasteiger partial charge is 0.376 e. The van der Waals surface area contributed by atoms with Gasteiger partial charge in [-0.1, -0.05) is 102 Å². The molecule has 3 rings (SSSR count). The molecule has 0 radical (unpaired) electrons. The third-order valence-electron chi connectivity index (χ3n) is 10.3. The molecule has 0 amide bonds. The lowest BCUT2D eigenvalue weighted by Gasteiger charge is -2.33. The lowest BCUT2D eigenvalue weighted by Crippen LogP contribution is -2.29. The zero-order valence-electron chi connectivity index (χ0n) is 34.2. The van der Waals surface area contributed by atoms with Gasteiger partial charge in [0.15, 0.2) is 0 Å². The Hall–Kier alpha value is -3.08. The van der Waals surface area contributed by atoms with E-state index >= 15 is 0 Å². The van der Waals surface area contributed by atoms with Crippen molar-refractivity contribution in [3.63, 3.8) is 0 Å². The fraction of sp³-hybridized carbons (Fsp3) is 0.676. The van der Waals surface area contributed by atoms with Crippen LogP contribution in [0.4, 0.5) is 52.7 Å². The van der Waals surface area contributed by atoms with E-state index in [0.717, 1.165) is 24.3 Å². The standard InChI is InChI=1S/C37H46F12O12S4/c38-34(39,40)62(50,51)58-23-15-11-7-3-1-5-9-13-21-33(22-14-10-6-2-4-8-12-16-24-59-63(52,53)35(41,42)43)31-25-27(60-64(54,55)36(44,45)46)17-19-29(31)30-20-18-28(26-32(30)33)61-65(56,57)37(47,48)49/h17-20,25-26H,1-16,21-24H2. The van der Waals surface area contributed by atoms with Crippen LogP contribution in [0.1, 0.15) is 127 Å². The number of fused-ring (bicyclic) bond motifs is 3. The Balaban J connectivity index is 1.81. The minimum Gasteiger partial charge on any atom is -0.376 e. The molecule has 0 aliphatic heterocycles. The number of hydrogen-bond donors (Lipinski definition) is 0. The lowest BCUT2D eigenvalue weighted by atomic mass is 9.70. The van der Waals surface area contributed by atoms with Crippen molar-refractivity contribution in [2.24, 2.45) is 0 Å². The topological polar surface area (TPSA) is 173 Å². The Labute approximate surface area is 368 Å². The number of rotatable bonds is 28. The molecule has 1 aliphatic rings. The van der Waals surface area contributed by atoms with Crippen LogP contribution in [-0.2, 0) is 54.3 Å². The van der Waals surface area contributed by atoms with Gasteiger partial charge in [-0.2, -0.15) is 86.4 Å². The third kappa shape index (κ3) is 15.5. The molecule has 0 saturated carbocycles. The molecule has 28 heteroatoms. The van der Waals surface area contributed by atoms with E-state index in [1.165, 1.54) is 12.1 Å². The number of benzene rings is 2. The largest absolute Gasteiger partial charge is 0.534 e. The van der Waals surface area contributed by atoms with Crippen molar-refractivity contribution in [1.29, 1.82) is 0 Å². The summed E-state index contributed by atoms with van der Waals surface area (Å²) >= 11 is 0. The summed E-state index contributed by atoms with van der Waals surface area (Å²) in [4.78, 5) is 0. The van der Waals surface area contributed by atoms with Gasteiger partial charge in [0.2, 0.25) is 0 Å². The number of hydrogen-bond acceptors (Lipinski definition) is 12. The normalized spacial score (nSPS) is 14.9. The first-order chi connectivity index (χ1) is 29.8. The molecule has 2 aromatic carbocycles. The van der Waals surface area contributed by atoms with Crippen molar-refractivity contribution < 1.29 is 103 Å². The van der Waals surface area contributed by atoms with Crippen molar-refractivity contribution in [2.45, 2.75) is 143 Å². The van der Waals surface area contributed by atoms with Crippen molar-refractivity contribution in [3.05, 3.63) is 47.5 Å². The van der Waals surface area contributed by atoms with Gasteiger partial charge in [0.05, 0.1) is 13.2 Å². The van der Waals surface area contributed by atoms with Gasteiger partial charge >= 0.3 is 62.5 Å². The number of alkyl halides is 12. The Bertz CT molecular complexity index is 2170. The van der Waals surface area contributed by atoms with Gasteiger partial charge in [-0.15, -0.1) is 0 Å². The van der Waals surface area contributed by atoms with Crippen LogP contribution in [-0.4, -0.2) is 68.9 Å². The first-order valence-electron chi connectivity index (χ1n) is 20.0. The van der Waals surface area contributed by atoms with Gasteiger partial charge in [0.1, 0.15) is 11.5 Å². The Morgan fingerprint density at radius 1 is 0.369 bits per heavy atom. The van der Waals surface area contributed by atoms with E-state index < -0.39 is 92.6 Å². The zero-order valence-corrected chi connectivity index (χ0v) is 37.4. The van der Waals surface area contributed by atoms with E-state index in [1.807, 2.05) is 0 Å². The molecule has 0 N–H and O–H groups in total. The molecule has 12 nitrogen and oxygen atoms in total. The number of halogens is 12. The van der Waals surface area contributed by atoms with E-state index in [1.54, 1.807) is 0 Å².